The molecule has 2 fully saturated rings. The first kappa shape index (κ1) is 19.1. The lowest BCUT2D eigenvalue weighted by molar-refractivity contribution is -0.385. The van der Waals surface area contributed by atoms with E-state index in [1.807, 2.05) is 11.0 Å². The Morgan fingerprint density at radius 1 is 1.19 bits per heavy atom. The number of nitrogens with zero attached hydrogens (tertiary/aromatic N) is 2. The van der Waals surface area contributed by atoms with Crippen LogP contribution in [0.15, 0.2) is 18.2 Å². The van der Waals surface area contributed by atoms with E-state index in [-0.39, 0.29) is 40.9 Å². The molecule has 3 aliphatic rings. The Hall–Kier alpha value is -1.66. The minimum atomic E-state index is -0.370. The Kier molecular flexibility index (Phi) is 5.53. The highest BCUT2D eigenvalue weighted by molar-refractivity contribution is 5.85. The minimum absolute atomic E-state index is 0. The van der Waals surface area contributed by atoms with Gasteiger partial charge in [-0.2, -0.15) is 0 Å². The molecule has 6 nitrogen and oxygen atoms in total. The molecule has 2 bridgehead atoms. The molecule has 2 unspecified atom stereocenters. The van der Waals surface area contributed by atoms with Crippen molar-refractivity contribution in [3.8, 4) is 0 Å². The van der Waals surface area contributed by atoms with Crippen molar-refractivity contribution in [2.75, 3.05) is 6.54 Å². The summed E-state index contributed by atoms with van der Waals surface area (Å²) in [5.74, 6) is 1.27. The first-order valence-electron chi connectivity index (χ1n) is 9.33. The maximum absolute atomic E-state index is 13.1. The number of nitrogens with two attached hydrogens (primary N) is 1. The van der Waals surface area contributed by atoms with Gasteiger partial charge < -0.3 is 10.6 Å². The number of benzene rings is 1. The van der Waals surface area contributed by atoms with Gasteiger partial charge in [0, 0.05) is 37.2 Å². The summed E-state index contributed by atoms with van der Waals surface area (Å²) in [6.45, 7) is 1.20. The lowest BCUT2D eigenvalue weighted by atomic mass is 9.65. The average Bonchev–Trinajstić information content (AvgIpc) is 2.60. The predicted molar refractivity (Wildman–Crippen MR) is 101 cm³/mol. The van der Waals surface area contributed by atoms with Gasteiger partial charge in [0.25, 0.3) is 5.69 Å². The summed E-state index contributed by atoms with van der Waals surface area (Å²) < 4.78 is 0. The summed E-state index contributed by atoms with van der Waals surface area (Å²) in [5, 5.41) is 11.0. The van der Waals surface area contributed by atoms with Crippen LogP contribution in [0.3, 0.4) is 0 Å². The summed E-state index contributed by atoms with van der Waals surface area (Å²) in [4.78, 5) is 25.6. The Balaban J connectivity index is 0.00000196. The topological polar surface area (TPSA) is 89.5 Å². The van der Waals surface area contributed by atoms with Gasteiger partial charge in [-0.25, -0.2) is 0 Å². The van der Waals surface area contributed by atoms with Crippen LogP contribution < -0.4 is 5.73 Å². The third kappa shape index (κ3) is 3.45. The molecule has 0 saturated heterocycles. The second-order valence-electron chi connectivity index (χ2n) is 7.92. The van der Waals surface area contributed by atoms with Crippen LogP contribution in [0.2, 0.25) is 0 Å². The molecule has 0 radical (unpaired) electrons. The van der Waals surface area contributed by atoms with E-state index >= 15 is 0 Å². The largest absolute Gasteiger partial charge is 0.338 e. The van der Waals surface area contributed by atoms with E-state index in [4.69, 9.17) is 5.73 Å². The van der Waals surface area contributed by atoms with Gasteiger partial charge in [-0.3, -0.25) is 14.9 Å². The predicted octanol–water partition coefficient (Wildman–Crippen LogP) is 3.05. The number of halogens is 1. The normalized spacial score (nSPS) is 30.1. The number of carbonyl (C=O) groups is 1. The van der Waals surface area contributed by atoms with E-state index in [1.54, 1.807) is 12.1 Å². The van der Waals surface area contributed by atoms with Crippen LogP contribution in [0.4, 0.5) is 5.69 Å². The summed E-state index contributed by atoms with van der Waals surface area (Å²) in [6, 6.07) is 5.28. The first-order valence-corrected chi connectivity index (χ1v) is 9.33. The maximum atomic E-state index is 13.1. The van der Waals surface area contributed by atoms with Gasteiger partial charge in [-0.1, -0.05) is 12.5 Å². The molecule has 1 aromatic carbocycles. The SMILES string of the molecule is Cl.NC1C2CCCC1CC(C(=O)N1CCc3ccc([N+](=O)[O-])cc3C1)C2. The number of non-ortho nitro benzene ring substituents is 1. The van der Waals surface area contributed by atoms with Crippen LogP contribution in [0.5, 0.6) is 0 Å². The lowest BCUT2D eigenvalue weighted by Crippen LogP contribution is -2.50. The second-order valence-corrected chi connectivity index (χ2v) is 7.92. The van der Waals surface area contributed by atoms with Crippen molar-refractivity contribution in [2.24, 2.45) is 23.5 Å². The molecule has 1 amide bonds. The molecule has 7 heteroatoms. The number of nitro groups is 1. The fourth-order valence-electron chi connectivity index (χ4n) is 5.09. The molecular formula is C19H26ClN3O3. The number of hydrogen-bond acceptors (Lipinski definition) is 4. The molecule has 2 saturated carbocycles. The number of hydrogen-bond donors (Lipinski definition) is 1. The zero-order valence-corrected chi connectivity index (χ0v) is 15.6. The van der Waals surface area contributed by atoms with Crippen LogP contribution in [0, 0.1) is 27.9 Å². The molecule has 1 heterocycles. The van der Waals surface area contributed by atoms with E-state index in [9.17, 15) is 14.9 Å². The number of amides is 1. The molecule has 0 spiro atoms. The first-order chi connectivity index (χ1) is 12.0. The van der Waals surface area contributed by atoms with E-state index in [2.05, 4.69) is 0 Å². The van der Waals surface area contributed by atoms with E-state index in [1.165, 1.54) is 6.42 Å². The molecule has 2 atom stereocenters. The molecule has 26 heavy (non-hydrogen) atoms. The zero-order valence-electron chi connectivity index (χ0n) is 14.8. The Labute approximate surface area is 159 Å². The average molecular weight is 380 g/mol. The quantitative estimate of drug-likeness (QED) is 0.631. The van der Waals surface area contributed by atoms with Gasteiger partial charge in [0.2, 0.25) is 5.91 Å². The summed E-state index contributed by atoms with van der Waals surface area (Å²) in [6.07, 6.45) is 6.14. The Bertz CT molecular complexity index is 697. The lowest BCUT2D eigenvalue weighted by Gasteiger charge is -2.45. The standard InChI is InChI=1S/C19H25N3O3.ClH/c20-18-13-2-1-3-14(18)9-15(8-13)19(23)21-7-6-12-4-5-17(22(24)25)10-16(12)11-21;/h4-5,10,13-15,18H,1-3,6-9,11,20H2;1H. The van der Waals surface area contributed by atoms with Gasteiger partial charge in [0.1, 0.15) is 0 Å². The summed E-state index contributed by atoms with van der Waals surface area (Å²) in [7, 11) is 0. The molecule has 1 aromatic rings. The fraction of sp³-hybridized carbons (Fsp3) is 0.632. The van der Waals surface area contributed by atoms with Crippen molar-refractivity contribution >= 4 is 24.0 Å². The van der Waals surface area contributed by atoms with Gasteiger partial charge in [-0.05, 0) is 55.1 Å². The van der Waals surface area contributed by atoms with Crippen molar-refractivity contribution in [3.63, 3.8) is 0 Å². The smallest absolute Gasteiger partial charge is 0.269 e. The van der Waals surface area contributed by atoms with Crippen molar-refractivity contribution in [1.82, 2.24) is 4.90 Å². The monoisotopic (exact) mass is 379 g/mol. The molecule has 0 aromatic heterocycles. The van der Waals surface area contributed by atoms with Crippen LogP contribution in [-0.4, -0.2) is 28.3 Å². The maximum Gasteiger partial charge on any atom is 0.269 e. The third-order valence-corrected chi connectivity index (χ3v) is 6.49. The number of fused-ring (bicyclic) bond motifs is 3. The number of rotatable bonds is 2. The van der Waals surface area contributed by atoms with Crippen LogP contribution in [-0.2, 0) is 17.8 Å². The van der Waals surface area contributed by atoms with Crippen molar-refractivity contribution in [2.45, 2.75) is 51.1 Å². The number of carbonyl (C=O) groups excluding carboxylic acids is 1. The van der Waals surface area contributed by atoms with Gasteiger partial charge in [0.05, 0.1) is 4.92 Å². The summed E-state index contributed by atoms with van der Waals surface area (Å²) in [5.41, 5.74) is 8.49. The fourth-order valence-corrected chi connectivity index (χ4v) is 5.09. The van der Waals surface area contributed by atoms with E-state index < -0.39 is 0 Å². The van der Waals surface area contributed by atoms with Crippen molar-refractivity contribution in [3.05, 3.63) is 39.4 Å². The van der Waals surface area contributed by atoms with Crippen LogP contribution in [0.25, 0.3) is 0 Å². The van der Waals surface area contributed by atoms with Gasteiger partial charge in [-0.15, -0.1) is 12.4 Å². The number of nitro benzene ring substituents is 1. The van der Waals surface area contributed by atoms with Crippen LogP contribution >= 0.6 is 12.4 Å². The molecule has 2 N–H and O–H groups in total. The second kappa shape index (κ2) is 7.53. The molecule has 2 aliphatic carbocycles. The zero-order chi connectivity index (χ0) is 17.6. The van der Waals surface area contributed by atoms with Crippen LogP contribution in [0.1, 0.15) is 43.2 Å². The van der Waals surface area contributed by atoms with Gasteiger partial charge >= 0.3 is 0 Å². The summed E-state index contributed by atoms with van der Waals surface area (Å²) >= 11 is 0. The molecule has 142 valence electrons. The van der Waals surface area contributed by atoms with E-state index in [0.717, 1.165) is 43.2 Å². The minimum Gasteiger partial charge on any atom is -0.338 e. The van der Waals surface area contributed by atoms with E-state index in [0.29, 0.717) is 24.9 Å². The third-order valence-electron chi connectivity index (χ3n) is 6.49. The Morgan fingerprint density at radius 3 is 2.54 bits per heavy atom. The van der Waals surface area contributed by atoms with Gasteiger partial charge in [0.15, 0.2) is 0 Å². The highest BCUT2D eigenvalue weighted by Gasteiger charge is 2.41. The Morgan fingerprint density at radius 2 is 1.88 bits per heavy atom. The van der Waals surface area contributed by atoms with Crippen molar-refractivity contribution < 1.29 is 9.72 Å². The van der Waals surface area contributed by atoms with Crippen molar-refractivity contribution in [1.29, 1.82) is 0 Å². The molecule has 4 rings (SSSR count). The molecular weight excluding hydrogens is 354 g/mol. The highest BCUT2D eigenvalue weighted by Crippen LogP contribution is 2.42. The molecule has 1 aliphatic heterocycles. The highest BCUT2D eigenvalue weighted by atomic mass is 35.5.